The number of rotatable bonds is 3. The smallest absolute Gasteiger partial charge is 0.124 e. The Morgan fingerprint density at radius 1 is 1.10 bits per heavy atom. The molecule has 5 nitrogen and oxygen atoms in total. The zero-order valence-electron chi connectivity index (χ0n) is 11.4. The Bertz CT molecular complexity index is 715. The molecule has 0 amide bonds. The second-order valence-electron chi connectivity index (χ2n) is 4.71. The van der Waals surface area contributed by atoms with E-state index in [1.54, 1.807) is 21.8 Å². The summed E-state index contributed by atoms with van der Waals surface area (Å²) in [6.45, 7) is 1.94. The van der Waals surface area contributed by atoms with E-state index in [-0.39, 0.29) is 0 Å². The lowest BCUT2D eigenvalue weighted by molar-refractivity contribution is 0.211. The van der Waals surface area contributed by atoms with Gasteiger partial charge >= 0.3 is 0 Å². The fourth-order valence-corrected chi connectivity index (χ4v) is 2.25. The summed E-state index contributed by atoms with van der Waals surface area (Å²) in [5.41, 5.74) is 3.39. The van der Waals surface area contributed by atoms with Gasteiger partial charge in [0.1, 0.15) is 6.10 Å². The van der Waals surface area contributed by atoms with Gasteiger partial charge in [0.25, 0.3) is 0 Å². The van der Waals surface area contributed by atoms with E-state index in [0.29, 0.717) is 0 Å². The molecular weight excluding hydrogens is 252 g/mol. The van der Waals surface area contributed by atoms with E-state index < -0.39 is 6.10 Å². The first-order valence-corrected chi connectivity index (χ1v) is 6.44. The van der Waals surface area contributed by atoms with Gasteiger partial charge < -0.3 is 5.11 Å². The minimum absolute atomic E-state index is 0.729. The van der Waals surface area contributed by atoms with Crippen LogP contribution in [0.4, 0.5) is 0 Å². The molecule has 0 saturated carbocycles. The van der Waals surface area contributed by atoms with Gasteiger partial charge in [-0.1, -0.05) is 18.2 Å². The first kappa shape index (κ1) is 12.6. The van der Waals surface area contributed by atoms with Crippen LogP contribution < -0.4 is 0 Å². The second-order valence-corrected chi connectivity index (χ2v) is 4.71. The molecule has 1 atom stereocenters. The van der Waals surface area contributed by atoms with Crippen LogP contribution in [0.3, 0.4) is 0 Å². The summed E-state index contributed by atoms with van der Waals surface area (Å²) >= 11 is 0. The summed E-state index contributed by atoms with van der Waals surface area (Å²) < 4.78 is 3.50. The van der Waals surface area contributed by atoms with Crippen LogP contribution in [0.25, 0.3) is 5.69 Å². The van der Waals surface area contributed by atoms with Crippen LogP contribution in [0.5, 0.6) is 0 Å². The fraction of sp³-hybridized carbons (Fsp3) is 0.200. The van der Waals surface area contributed by atoms with E-state index in [4.69, 9.17) is 0 Å². The summed E-state index contributed by atoms with van der Waals surface area (Å²) in [4.78, 5) is 0. The van der Waals surface area contributed by atoms with Crippen molar-refractivity contribution >= 4 is 0 Å². The lowest BCUT2D eigenvalue weighted by Gasteiger charge is -2.13. The standard InChI is InChI=1S/C15H16N4O/c1-11-13(10-17-18(11)2)15(20)14-8-9-16-19(14)12-6-4-3-5-7-12/h3-10,15,20H,1-2H3. The number of hydrogen-bond donors (Lipinski definition) is 1. The summed E-state index contributed by atoms with van der Waals surface area (Å²) in [6.07, 6.45) is 2.64. The summed E-state index contributed by atoms with van der Waals surface area (Å²) in [5, 5.41) is 19.1. The van der Waals surface area contributed by atoms with Crippen LogP contribution in [0, 0.1) is 6.92 Å². The summed E-state index contributed by atoms with van der Waals surface area (Å²) in [7, 11) is 1.86. The summed E-state index contributed by atoms with van der Waals surface area (Å²) in [5.74, 6) is 0. The van der Waals surface area contributed by atoms with Crippen molar-refractivity contribution in [1.82, 2.24) is 19.6 Å². The third-order valence-corrected chi connectivity index (χ3v) is 3.52. The predicted octanol–water partition coefficient (Wildman–Crippen LogP) is 2.00. The highest BCUT2D eigenvalue weighted by molar-refractivity contribution is 5.35. The Labute approximate surface area is 117 Å². The van der Waals surface area contributed by atoms with Crippen molar-refractivity contribution in [3.63, 3.8) is 0 Å². The van der Waals surface area contributed by atoms with Crippen molar-refractivity contribution in [1.29, 1.82) is 0 Å². The Kier molecular flexibility index (Phi) is 3.12. The van der Waals surface area contributed by atoms with Crippen LogP contribution in [0.2, 0.25) is 0 Å². The molecule has 2 heterocycles. The van der Waals surface area contributed by atoms with Crippen LogP contribution in [-0.4, -0.2) is 24.7 Å². The predicted molar refractivity (Wildman–Crippen MR) is 75.6 cm³/mol. The van der Waals surface area contributed by atoms with Crippen LogP contribution >= 0.6 is 0 Å². The van der Waals surface area contributed by atoms with E-state index in [9.17, 15) is 5.11 Å². The van der Waals surface area contributed by atoms with Gasteiger partial charge in [-0.15, -0.1) is 0 Å². The summed E-state index contributed by atoms with van der Waals surface area (Å²) in [6, 6.07) is 11.6. The molecule has 102 valence electrons. The maximum atomic E-state index is 10.6. The Hall–Kier alpha value is -2.40. The first-order valence-electron chi connectivity index (χ1n) is 6.44. The van der Waals surface area contributed by atoms with Crippen molar-refractivity contribution in [3.8, 4) is 5.69 Å². The van der Waals surface area contributed by atoms with Gasteiger partial charge in [-0.3, -0.25) is 4.68 Å². The Morgan fingerprint density at radius 3 is 2.50 bits per heavy atom. The van der Waals surface area contributed by atoms with E-state index in [1.165, 1.54) is 0 Å². The van der Waals surface area contributed by atoms with Gasteiger partial charge in [-0.2, -0.15) is 10.2 Å². The van der Waals surface area contributed by atoms with E-state index in [0.717, 1.165) is 22.6 Å². The van der Waals surface area contributed by atoms with E-state index in [1.807, 2.05) is 50.4 Å². The quantitative estimate of drug-likeness (QED) is 0.790. The maximum Gasteiger partial charge on any atom is 0.124 e. The second kappa shape index (κ2) is 4.94. The largest absolute Gasteiger partial charge is 0.382 e. The molecule has 2 aromatic heterocycles. The Morgan fingerprint density at radius 2 is 1.85 bits per heavy atom. The third kappa shape index (κ3) is 2.02. The molecular formula is C15H16N4O. The fourth-order valence-electron chi connectivity index (χ4n) is 2.25. The average molecular weight is 268 g/mol. The number of aromatic nitrogens is 4. The highest BCUT2D eigenvalue weighted by Crippen LogP contribution is 2.25. The van der Waals surface area contributed by atoms with Crippen LogP contribution in [0.15, 0.2) is 48.8 Å². The molecule has 1 unspecified atom stereocenters. The molecule has 0 saturated heterocycles. The van der Waals surface area contributed by atoms with E-state index in [2.05, 4.69) is 10.2 Å². The average Bonchev–Trinajstić information content (AvgIpc) is 3.08. The van der Waals surface area contributed by atoms with Gasteiger partial charge in [0.2, 0.25) is 0 Å². The lowest BCUT2D eigenvalue weighted by Crippen LogP contribution is -2.09. The molecule has 0 bridgehead atoms. The molecule has 3 rings (SSSR count). The van der Waals surface area contributed by atoms with Crippen molar-refractivity contribution in [3.05, 3.63) is 65.7 Å². The number of aryl methyl sites for hydroxylation is 1. The minimum Gasteiger partial charge on any atom is -0.382 e. The van der Waals surface area contributed by atoms with Crippen molar-refractivity contribution in [2.24, 2.45) is 7.05 Å². The highest BCUT2D eigenvalue weighted by Gasteiger charge is 2.20. The number of aliphatic hydroxyl groups excluding tert-OH is 1. The molecule has 0 fully saturated rings. The van der Waals surface area contributed by atoms with Crippen molar-refractivity contribution in [2.45, 2.75) is 13.0 Å². The number of benzene rings is 1. The molecule has 3 aromatic rings. The number of hydrogen-bond acceptors (Lipinski definition) is 3. The van der Waals surface area contributed by atoms with Crippen molar-refractivity contribution in [2.75, 3.05) is 0 Å². The molecule has 0 aliphatic heterocycles. The van der Waals surface area contributed by atoms with Crippen molar-refractivity contribution < 1.29 is 5.11 Å². The SMILES string of the molecule is Cc1c(C(O)c2ccnn2-c2ccccc2)cnn1C. The molecule has 0 radical (unpaired) electrons. The van der Waals surface area contributed by atoms with E-state index >= 15 is 0 Å². The van der Waals surface area contributed by atoms with Gasteiger partial charge in [0, 0.05) is 24.5 Å². The number of nitrogens with zero attached hydrogens (tertiary/aromatic N) is 4. The van der Waals surface area contributed by atoms with Crippen LogP contribution in [0.1, 0.15) is 23.1 Å². The molecule has 0 spiro atoms. The van der Waals surface area contributed by atoms with Gasteiger partial charge in [0.15, 0.2) is 0 Å². The van der Waals surface area contributed by atoms with Crippen LogP contribution in [-0.2, 0) is 7.05 Å². The van der Waals surface area contributed by atoms with Gasteiger partial charge in [-0.25, -0.2) is 4.68 Å². The first-order chi connectivity index (χ1) is 9.68. The topological polar surface area (TPSA) is 55.9 Å². The molecule has 1 N–H and O–H groups in total. The number of para-hydroxylation sites is 1. The third-order valence-electron chi connectivity index (χ3n) is 3.52. The maximum absolute atomic E-state index is 10.6. The van der Waals surface area contributed by atoms with Gasteiger partial charge in [0.05, 0.1) is 17.6 Å². The molecule has 0 aliphatic carbocycles. The number of aliphatic hydroxyl groups is 1. The van der Waals surface area contributed by atoms with Gasteiger partial charge in [-0.05, 0) is 25.1 Å². The zero-order valence-corrected chi connectivity index (χ0v) is 11.4. The highest BCUT2D eigenvalue weighted by atomic mass is 16.3. The normalized spacial score (nSPS) is 12.6. The zero-order chi connectivity index (χ0) is 14.1. The molecule has 0 aliphatic rings. The Balaban J connectivity index is 2.04. The minimum atomic E-state index is -0.744. The molecule has 5 heteroatoms. The molecule has 1 aromatic carbocycles. The monoisotopic (exact) mass is 268 g/mol. The molecule has 20 heavy (non-hydrogen) atoms. The lowest BCUT2D eigenvalue weighted by atomic mass is 10.1.